The van der Waals surface area contributed by atoms with Crippen molar-refractivity contribution in [3.63, 3.8) is 0 Å². The van der Waals surface area contributed by atoms with E-state index in [1.54, 1.807) is 0 Å². The highest BCUT2D eigenvalue weighted by atomic mass is 19.1. The maximum absolute atomic E-state index is 12.8. The number of urea groups is 1. The van der Waals surface area contributed by atoms with Crippen LogP contribution in [0.5, 0.6) is 0 Å². The summed E-state index contributed by atoms with van der Waals surface area (Å²) in [5, 5.41) is 3.85. The lowest BCUT2D eigenvalue weighted by molar-refractivity contribution is -0.124. The van der Waals surface area contributed by atoms with E-state index in [0.29, 0.717) is 0 Å². The number of hydrogen-bond acceptors (Lipinski definition) is 2. The fourth-order valence-corrected chi connectivity index (χ4v) is 0.785. The second-order valence-corrected chi connectivity index (χ2v) is 2.38. The van der Waals surface area contributed by atoms with Gasteiger partial charge in [-0.05, 0) is 6.92 Å². The van der Waals surface area contributed by atoms with Crippen LogP contribution in [0.4, 0.5) is 9.18 Å². The van der Waals surface area contributed by atoms with Crippen molar-refractivity contribution >= 4 is 11.9 Å². The first-order valence-corrected chi connectivity index (χ1v) is 2.80. The average molecular weight is 146 g/mol. The van der Waals surface area contributed by atoms with Crippen LogP contribution >= 0.6 is 0 Å². The van der Waals surface area contributed by atoms with Crippen molar-refractivity contribution in [3.05, 3.63) is 0 Å². The number of amides is 3. The number of halogens is 1. The van der Waals surface area contributed by atoms with Gasteiger partial charge in [-0.1, -0.05) is 0 Å². The van der Waals surface area contributed by atoms with Crippen molar-refractivity contribution in [2.45, 2.75) is 19.1 Å². The van der Waals surface area contributed by atoms with E-state index in [4.69, 9.17) is 0 Å². The van der Waals surface area contributed by atoms with Crippen LogP contribution in [0, 0.1) is 0 Å². The Labute approximate surface area is 56.8 Å². The molecule has 1 fully saturated rings. The minimum atomic E-state index is -1.89. The molecule has 0 saturated carbocycles. The summed E-state index contributed by atoms with van der Waals surface area (Å²) in [6.07, 6.45) is -0.321. The van der Waals surface area contributed by atoms with Gasteiger partial charge < -0.3 is 5.32 Å². The standard InChI is InChI=1S/C5H7FN2O2/c1-5(6)2-3(9)7-4(10)8-5/h2H2,1H3,(H2,7,8,9,10). The molecule has 4 nitrogen and oxygen atoms in total. The van der Waals surface area contributed by atoms with Crippen molar-refractivity contribution in [1.82, 2.24) is 10.6 Å². The number of carbonyl (C=O) groups is 2. The molecule has 1 heterocycles. The van der Waals surface area contributed by atoms with Crippen molar-refractivity contribution in [2.24, 2.45) is 0 Å². The Kier molecular flexibility index (Phi) is 1.35. The van der Waals surface area contributed by atoms with Crippen LogP contribution in [0.2, 0.25) is 0 Å². The smallest absolute Gasteiger partial charge is 0.305 e. The highest BCUT2D eigenvalue weighted by Crippen LogP contribution is 2.13. The van der Waals surface area contributed by atoms with Gasteiger partial charge in [0.05, 0.1) is 6.42 Å². The van der Waals surface area contributed by atoms with Gasteiger partial charge in [0.1, 0.15) is 0 Å². The summed E-state index contributed by atoms with van der Waals surface area (Å²) in [5.74, 6) is -2.48. The molecular formula is C5H7FN2O2. The molecule has 1 aliphatic heterocycles. The van der Waals surface area contributed by atoms with E-state index in [9.17, 15) is 14.0 Å². The summed E-state index contributed by atoms with van der Waals surface area (Å²) in [6.45, 7) is 1.14. The van der Waals surface area contributed by atoms with Crippen molar-refractivity contribution < 1.29 is 14.0 Å². The van der Waals surface area contributed by atoms with Gasteiger partial charge in [0, 0.05) is 0 Å². The zero-order chi connectivity index (χ0) is 7.78. The van der Waals surface area contributed by atoms with Gasteiger partial charge in [-0.15, -0.1) is 0 Å². The minimum Gasteiger partial charge on any atom is -0.305 e. The molecule has 0 bridgehead atoms. The van der Waals surface area contributed by atoms with Gasteiger partial charge in [-0.25, -0.2) is 9.18 Å². The molecule has 56 valence electrons. The Balaban J connectivity index is 2.68. The number of carbonyl (C=O) groups excluding carboxylic acids is 2. The predicted octanol–water partition coefficient (Wildman–Crippen LogP) is -0.0984. The maximum atomic E-state index is 12.8. The van der Waals surface area contributed by atoms with Crippen LogP contribution in [-0.2, 0) is 4.79 Å². The van der Waals surface area contributed by atoms with Gasteiger partial charge in [0.2, 0.25) is 5.91 Å². The lowest BCUT2D eigenvalue weighted by Crippen LogP contribution is -2.56. The van der Waals surface area contributed by atoms with Gasteiger partial charge in [0.15, 0.2) is 5.79 Å². The maximum Gasteiger partial charge on any atom is 0.323 e. The van der Waals surface area contributed by atoms with Gasteiger partial charge in [-0.3, -0.25) is 10.1 Å². The third-order valence-electron chi connectivity index (χ3n) is 1.12. The van der Waals surface area contributed by atoms with Crippen LogP contribution in [0.15, 0.2) is 0 Å². The van der Waals surface area contributed by atoms with Crippen molar-refractivity contribution in [1.29, 1.82) is 0 Å². The Morgan fingerprint density at radius 1 is 1.60 bits per heavy atom. The van der Waals surface area contributed by atoms with Crippen molar-refractivity contribution in [3.8, 4) is 0 Å². The van der Waals surface area contributed by atoms with Crippen molar-refractivity contribution in [2.75, 3.05) is 0 Å². The fourth-order valence-electron chi connectivity index (χ4n) is 0.785. The molecular weight excluding hydrogens is 139 g/mol. The lowest BCUT2D eigenvalue weighted by Gasteiger charge is -2.25. The molecule has 0 aromatic rings. The number of alkyl halides is 1. The summed E-state index contributed by atoms with van der Waals surface area (Å²) >= 11 is 0. The zero-order valence-electron chi connectivity index (χ0n) is 5.40. The molecule has 0 aliphatic carbocycles. The number of hydrogen-bond donors (Lipinski definition) is 2. The summed E-state index contributed by atoms with van der Waals surface area (Å²) in [4.78, 5) is 20.9. The SMILES string of the molecule is CC1(F)CC(=O)NC(=O)N1. The van der Waals surface area contributed by atoms with Crippen LogP contribution in [0.3, 0.4) is 0 Å². The lowest BCUT2D eigenvalue weighted by atomic mass is 10.1. The Morgan fingerprint density at radius 3 is 2.60 bits per heavy atom. The zero-order valence-corrected chi connectivity index (χ0v) is 5.40. The summed E-state index contributed by atoms with van der Waals surface area (Å²) in [7, 11) is 0. The summed E-state index contributed by atoms with van der Waals surface area (Å²) in [6, 6.07) is -0.777. The molecule has 0 spiro atoms. The molecule has 0 aromatic heterocycles. The van der Waals surface area contributed by atoms with E-state index in [1.807, 2.05) is 10.6 Å². The molecule has 5 heteroatoms. The normalized spacial score (nSPS) is 33.0. The largest absolute Gasteiger partial charge is 0.323 e. The van der Waals surface area contributed by atoms with Crippen LogP contribution in [0.1, 0.15) is 13.3 Å². The number of rotatable bonds is 0. The molecule has 0 radical (unpaired) electrons. The molecule has 10 heavy (non-hydrogen) atoms. The second-order valence-electron chi connectivity index (χ2n) is 2.38. The molecule has 2 N–H and O–H groups in total. The summed E-state index contributed by atoms with van der Waals surface area (Å²) < 4.78 is 12.8. The topological polar surface area (TPSA) is 58.2 Å². The Bertz CT molecular complexity index is 172. The molecule has 1 unspecified atom stereocenters. The minimum absolute atomic E-state index is 0.321. The number of imide groups is 1. The van der Waals surface area contributed by atoms with Crippen LogP contribution in [-0.4, -0.2) is 17.7 Å². The Morgan fingerprint density at radius 2 is 2.20 bits per heavy atom. The number of nitrogens with one attached hydrogen (secondary N) is 2. The first-order chi connectivity index (χ1) is 4.49. The molecule has 1 rings (SSSR count). The van der Waals surface area contributed by atoms with Gasteiger partial charge in [-0.2, -0.15) is 0 Å². The quantitative estimate of drug-likeness (QED) is 0.469. The monoisotopic (exact) mass is 146 g/mol. The third-order valence-corrected chi connectivity index (χ3v) is 1.12. The van der Waals surface area contributed by atoms with E-state index >= 15 is 0 Å². The van der Waals surface area contributed by atoms with E-state index < -0.39 is 17.7 Å². The third kappa shape index (κ3) is 1.43. The van der Waals surface area contributed by atoms with Crippen LogP contribution in [0.25, 0.3) is 0 Å². The van der Waals surface area contributed by atoms with Gasteiger partial charge in [0.25, 0.3) is 0 Å². The van der Waals surface area contributed by atoms with E-state index in [2.05, 4.69) is 0 Å². The first kappa shape index (κ1) is 6.98. The first-order valence-electron chi connectivity index (χ1n) is 2.80. The fraction of sp³-hybridized carbons (Fsp3) is 0.600. The van der Waals surface area contributed by atoms with Crippen LogP contribution < -0.4 is 10.6 Å². The van der Waals surface area contributed by atoms with Gasteiger partial charge >= 0.3 is 6.03 Å². The Hall–Kier alpha value is -1.13. The average Bonchev–Trinajstić information content (AvgIpc) is 1.54. The molecule has 1 atom stereocenters. The van der Waals surface area contributed by atoms with E-state index in [1.165, 1.54) is 0 Å². The molecule has 3 amide bonds. The molecule has 1 aliphatic rings. The second kappa shape index (κ2) is 1.93. The highest BCUT2D eigenvalue weighted by molar-refractivity contribution is 5.97. The predicted molar refractivity (Wildman–Crippen MR) is 30.8 cm³/mol. The molecule has 1 saturated heterocycles. The van der Waals surface area contributed by atoms with E-state index in [-0.39, 0.29) is 6.42 Å². The highest BCUT2D eigenvalue weighted by Gasteiger charge is 2.34. The summed E-state index contributed by atoms with van der Waals surface area (Å²) in [5.41, 5.74) is 0. The van der Waals surface area contributed by atoms with E-state index in [0.717, 1.165) is 6.92 Å². The molecule has 0 aromatic carbocycles.